The van der Waals surface area contributed by atoms with E-state index in [1.165, 1.54) is 0 Å². The van der Waals surface area contributed by atoms with Gasteiger partial charge in [-0.1, -0.05) is 30.3 Å². The molecule has 0 aliphatic heterocycles. The number of nitrogens with zero attached hydrogens (tertiary/aromatic N) is 4. The molecule has 1 N–H and O–H groups in total. The number of hydrogen-bond donors (Lipinski definition) is 1. The van der Waals surface area contributed by atoms with Crippen molar-refractivity contribution in [2.75, 3.05) is 0 Å². The van der Waals surface area contributed by atoms with Crippen molar-refractivity contribution in [1.29, 1.82) is 0 Å². The van der Waals surface area contributed by atoms with Gasteiger partial charge in [0.25, 0.3) is 5.91 Å². The molecule has 1 atom stereocenters. The summed E-state index contributed by atoms with van der Waals surface area (Å²) >= 11 is 0. The third-order valence-electron chi connectivity index (χ3n) is 4.42. The van der Waals surface area contributed by atoms with Gasteiger partial charge in [0.15, 0.2) is 0 Å². The van der Waals surface area contributed by atoms with Gasteiger partial charge < -0.3 is 5.32 Å². The zero-order valence-corrected chi connectivity index (χ0v) is 14.6. The third-order valence-corrected chi connectivity index (χ3v) is 4.42. The van der Waals surface area contributed by atoms with Gasteiger partial charge in [-0.3, -0.25) is 13.9 Å². The second-order valence-corrected chi connectivity index (χ2v) is 6.30. The molecule has 4 aromatic rings. The minimum Gasteiger partial charge on any atom is -0.344 e. The molecule has 0 radical (unpaired) electrons. The van der Waals surface area contributed by atoms with Crippen LogP contribution in [0.4, 0.5) is 0 Å². The molecule has 3 aromatic heterocycles. The summed E-state index contributed by atoms with van der Waals surface area (Å²) in [4.78, 5) is 17.1. The van der Waals surface area contributed by atoms with Gasteiger partial charge in [-0.25, -0.2) is 4.98 Å². The summed E-state index contributed by atoms with van der Waals surface area (Å²) in [6.07, 6.45) is 7.27. The van der Waals surface area contributed by atoms with E-state index in [1.807, 2.05) is 73.2 Å². The van der Waals surface area contributed by atoms with Crippen LogP contribution < -0.4 is 5.32 Å². The highest BCUT2D eigenvalue weighted by atomic mass is 16.2. The maximum Gasteiger partial charge on any atom is 0.270 e. The number of imidazole rings is 1. The Labute approximate surface area is 151 Å². The van der Waals surface area contributed by atoms with Gasteiger partial charge in [-0.2, -0.15) is 5.10 Å². The number of fused-ring (bicyclic) bond motifs is 1. The molecular weight excluding hydrogens is 326 g/mol. The smallest absolute Gasteiger partial charge is 0.270 e. The average Bonchev–Trinajstić information content (AvgIpc) is 3.28. The molecule has 6 nitrogen and oxygen atoms in total. The SMILES string of the molecule is C[C@H](NC(=O)c1cnc2ccc(-c3cnn(C)c3)cn12)c1ccccc1. The monoisotopic (exact) mass is 345 g/mol. The van der Waals surface area contributed by atoms with E-state index in [0.29, 0.717) is 5.69 Å². The number of rotatable bonds is 4. The van der Waals surface area contributed by atoms with Crippen molar-refractivity contribution < 1.29 is 4.79 Å². The lowest BCUT2D eigenvalue weighted by Crippen LogP contribution is -2.27. The Morgan fingerprint density at radius 1 is 1.04 bits per heavy atom. The lowest BCUT2D eigenvalue weighted by molar-refractivity contribution is 0.0934. The second-order valence-electron chi connectivity index (χ2n) is 6.30. The number of aryl methyl sites for hydroxylation is 1. The van der Waals surface area contributed by atoms with Gasteiger partial charge in [0, 0.05) is 30.6 Å². The first-order valence-electron chi connectivity index (χ1n) is 8.44. The van der Waals surface area contributed by atoms with E-state index in [2.05, 4.69) is 15.4 Å². The van der Waals surface area contributed by atoms with Crippen molar-refractivity contribution >= 4 is 11.6 Å². The van der Waals surface area contributed by atoms with Gasteiger partial charge in [0.05, 0.1) is 18.4 Å². The van der Waals surface area contributed by atoms with Crippen LogP contribution in [0.5, 0.6) is 0 Å². The molecule has 130 valence electrons. The van der Waals surface area contributed by atoms with Crippen LogP contribution in [0.15, 0.2) is 67.3 Å². The molecule has 0 unspecified atom stereocenters. The van der Waals surface area contributed by atoms with Crippen LogP contribution in [0.2, 0.25) is 0 Å². The standard InChI is InChI=1S/C20H19N5O/c1-14(15-6-4-3-5-7-15)23-20(26)18-11-21-19-9-8-16(13-25(18)19)17-10-22-24(2)12-17/h3-14H,1-2H3,(H,23,26)/t14-/m0/s1. The van der Waals surface area contributed by atoms with Crippen molar-refractivity contribution in [2.45, 2.75) is 13.0 Å². The largest absolute Gasteiger partial charge is 0.344 e. The van der Waals surface area contributed by atoms with Crippen molar-refractivity contribution in [3.05, 3.63) is 78.5 Å². The first-order valence-corrected chi connectivity index (χ1v) is 8.44. The van der Waals surface area contributed by atoms with Gasteiger partial charge in [0.2, 0.25) is 0 Å². The number of carbonyl (C=O) groups excluding carboxylic acids is 1. The fourth-order valence-corrected chi connectivity index (χ4v) is 2.99. The molecule has 0 fully saturated rings. The van der Waals surface area contributed by atoms with Crippen molar-refractivity contribution in [3.8, 4) is 11.1 Å². The van der Waals surface area contributed by atoms with Crippen LogP contribution in [0.3, 0.4) is 0 Å². The van der Waals surface area contributed by atoms with Crippen LogP contribution >= 0.6 is 0 Å². The first-order chi connectivity index (χ1) is 12.6. The van der Waals surface area contributed by atoms with Crippen molar-refractivity contribution in [3.63, 3.8) is 0 Å². The third kappa shape index (κ3) is 2.97. The molecule has 1 aromatic carbocycles. The maximum absolute atomic E-state index is 12.8. The number of hydrogen-bond acceptors (Lipinski definition) is 3. The molecule has 4 rings (SSSR count). The summed E-state index contributed by atoms with van der Waals surface area (Å²) < 4.78 is 3.57. The Bertz CT molecular complexity index is 1060. The number of aromatic nitrogens is 4. The maximum atomic E-state index is 12.8. The van der Waals surface area contributed by atoms with Crippen molar-refractivity contribution in [1.82, 2.24) is 24.5 Å². The average molecular weight is 345 g/mol. The Balaban J connectivity index is 1.64. The quantitative estimate of drug-likeness (QED) is 0.618. The molecule has 0 bridgehead atoms. The van der Waals surface area contributed by atoms with E-state index in [-0.39, 0.29) is 11.9 Å². The van der Waals surface area contributed by atoms with E-state index in [4.69, 9.17) is 0 Å². The molecule has 0 aliphatic rings. The van der Waals surface area contributed by atoms with Gasteiger partial charge in [-0.05, 0) is 24.6 Å². The topological polar surface area (TPSA) is 64.2 Å². The van der Waals surface area contributed by atoms with E-state index in [1.54, 1.807) is 17.1 Å². The normalized spacial score (nSPS) is 12.2. The Morgan fingerprint density at radius 3 is 2.58 bits per heavy atom. The highest BCUT2D eigenvalue weighted by molar-refractivity contribution is 5.93. The fourth-order valence-electron chi connectivity index (χ4n) is 2.99. The molecular formula is C20H19N5O. The van der Waals surface area contributed by atoms with Crippen LogP contribution in [0, 0.1) is 0 Å². The molecule has 26 heavy (non-hydrogen) atoms. The highest BCUT2D eigenvalue weighted by Crippen LogP contribution is 2.20. The number of carbonyl (C=O) groups is 1. The lowest BCUT2D eigenvalue weighted by atomic mass is 10.1. The van der Waals surface area contributed by atoms with Crippen LogP contribution in [-0.4, -0.2) is 25.1 Å². The summed E-state index contributed by atoms with van der Waals surface area (Å²) in [5, 5.41) is 7.24. The number of amides is 1. The molecule has 3 heterocycles. The van der Waals surface area contributed by atoms with Gasteiger partial charge >= 0.3 is 0 Å². The zero-order valence-electron chi connectivity index (χ0n) is 14.6. The van der Waals surface area contributed by atoms with E-state index >= 15 is 0 Å². The number of pyridine rings is 1. The summed E-state index contributed by atoms with van der Waals surface area (Å²) in [6, 6.07) is 13.7. The summed E-state index contributed by atoms with van der Waals surface area (Å²) in [6.45, 7) is 1.97. The predicted molar refractivity (Wildman–Crippen MR) is 99.7 cm³/mol. The predicted octanol–water partition coefficient (Wildman–Crippen LogP) is 3.23. The van der Waals surface area contributed by atoms with Crippen molar-refractivity contribution in [2.24, 2.45) is 7.05 Å². The molecule has 0 aliphatic carbocycles. The molecule has 0 saturated carbocycles. The highest BCUT2D eigenvalue weighted by Gasteiger charge is 2.16. The van der Waals surface area contributed by atoms with E-state index < -0.39 is 0 Å². The lowest BCUT2D eigenvalue weighted by Gasteiger charge is -2.14. The molecule has 0 saturated heterocycles. The second kappa shape index (κ2) is 6.48. The van der Waals surface area contributed by atoms with Crippen LogP contribution in [-0.2, 0) is 7.05 Å². The zero-order chi connectivity index (χ0) is 18.1. The molecule has 0 spiro atoms. The van der Waals surface area contributed by atoms with Gasteiger partial charge in [-0.15, -0.1) is 0 Å². The van der Waals surface area contributed by atoms with Gasteiger partial charge in [0.1, 0.15) is 11.3 Å². The molecule has 1 amide bonds. The number of nitrogens with one attached hydrogen (secondary N) is 1. The minimum atomic E-state index is -0.155. The van der Waals surface area contributed by atoms with Crippen LogP contribution in [0.25, 0.3) is 16.8 Å². The Hall–Kier alpha value is -3.41. The summed E-state index contributed by atoms with van der Waals surface area (Å²) in [5.74, 6) is -0.155. The Kier molecular flexibility index (Phi) is 4.01. The molecule has 6 heteroatoms. The minimum absolute atomic E-state index is 0.0873. The summed E-state index contributed by atoms with van der Waals surface area (Å²) in [7, 11) is 1.88. The fraction of sp³-hybridized carbons (Fsp3) is 0.150. The number of benzene rings is 1. The van der Waals surface area contributed by atoms with Crippen LogP contribution in [0.1, 0.15) is 29.0 Å². The Morgan fingerprint density at radius 2 is 1.85 bits per heavy atom. The summed E-state index contributed by atoms with van der Waals surface area (Å²) in [5.41, 5.74) is 4.27. The van der Waals surface area contributed by atoms with E-state index in [9.17, 15) is 4.79 Å². The first kappa shape index (κ1) is 16.1. The van der Waals surface area contributed by atoms with E-state index in [0.717, 1.165) is 22.3 Å².